The van der Waals surface area contributed by atoms with Crippen molar-refractivity contribution in [2.24, 2.45) is 0 Å². The number of non-ortho nitro benzene ring substituents is 1. The number of nitrogens with zero attached hydrogens (tertiary/aromatic N) is 2. The Morgan fingerprint density at radius 1 is 1.48 bits per heavy atom. The molecule has 1 aromatic heterocycles. The molecule has 0 amide bonds. The van der Waals surface area contributed by atoms with Gasteiger partial charge in [-0.1, -0.05) is 0 Å². The maximum absolute atomic E-state index is 11.3. The van der Waals surface area contributed by atoms with Crippen molar-refractivity contribution < 1.29 is 14.8 Å². The van der Waals surface area contributed by atoms with Crippen LogP contribution >= 0.6 is 27.3 Å². The molecular formula is C13H11BrN2O4S. The molecule has 21 heavy (non-hydrogen) atoms. The molecule has 6 nitrogen and oxygen atoms in total. The summed E-state index contributed by atoms with van der Waals surface area (Å²) in [7, 11) is 1.75. The van der Waals surface area contributed by atoms with E-state index in [-0.39, 0.29) is 11.3 Å². The number of anilines is 1. The van der Waals surface area contributed by atoms with Crippen LogP contribution in [0.5, 0.6) is 0 Å². The van der Waals surface area contributed by atoms with Gasteiger partial charge in [0.05, 0.1) is 20.0 Å². The van der Waals surface area contributed by atoms with Crippen LogP contribution in [-0.4, -0.2) is 23.0 Å². The number of hydrogen-bond acceptors (Lipinski definition) is 5. The fraction of sp³-hybridized carbons (Fsp3) is 0.154. The van der Waals surface area contributed by atoms with Crippen LogP contribution in [-0.2, 0) is 6.54 Å². The van der Waals surface area contributed by atoms with Gasteiger partial charge in [-0.05, 0) is 39.0 Å². The van der Waals surface area contributed by atoms with E-state index in [9.17, 15) is 20.0 Å². The molecule has 0 saturated heterocycles. The summed E-state index contributed by atoms with van der Waals surface area (Å²) in [4.78, 5) is 23.2. The van der Waals surface area contributed by atoms with E-state index in [1.165, 1.54) is 12.1 Å². The van der Waals surface area contributed by atoms with Crippen LogP contribution in [0.1, 0.15) is 15.9 Å². The van der Waals surface area contributed by atoms with Gasteiger partial charge in [-0.25, -0.2) is 4.79 Å². The zero-order chi connectivity index (χ0) is 15.6. The van der Waals surface area contributed by atoms with E-state index < -0.39 is 10.9 Å². The molecule has 0 radical (unpaired) electrons. The Bertz CT molecular complexity index is 701. The number of aromatic carboxylic acids is 1. The van der Waals surface area contributed by atoms with E-state index in [1.54, 1.807) is 23.3 Å². The van der Waals surface area contributed by atoms with Crippen LogP contribution in [0.25, 0.3) is 0 Å². The zero-order valence-electron chi connectivity index (χ0n) is 10.9. The third-order valence-corrected chi connectivity index (χ3v) is 4.43. The molecule has 1 N–H and O–H groups in total. The second-order valence-electron chi connectivity index (χ2n) is 4.38. The van der Waals surface area contributed by atoms with Gasteiger partial charge in [-0.3, -0.25) is 10.1 Å². The van der Waals surface area contributed by atoms with Crippen LogP contribution in [0.3, 0.4) is 0 Å². The Morgan fingerprint density at radius 3 is 2.71 bits per heavy atom. The van der Waals surface area contributed by atoms with Gasteiger partial charge in [-0.2, -0.15) is 0 Å². The molecule has 0 aliphatic rings. The first-order valence-electron chi connectivity index (χ1n) is 5.84. The molecule has 0 bridgehead atoms. The maximum Gasteiger partial charge on any atom is 0.338 e. The van der Waals surface area contributed by atoms with E-state index in [4.69, 9.17) is 0 Å². The predicted octanol–water partition coefficient (Wildman–Crippen LogP) is 3.75. The third-order valence-electron chi connectivity index (χ3n) is 2.87. The summed E-state index contributed by atoms with van der Waals surface area (Å²) < 4.78 is 0.994. The second-order valence-corrected chi connectivity index (χ2v) is 6.67. The molecule has 8 heteroatoms. The first kappa shape index (κ1) is 15.5. The lowest BCUT2D eigenvalue weighted by Crippen LogP contribution is -2.19. The van der Waals surface area contributed by atoms with Crippen molar-refractivity contribution in [3.63, 3.8) is 0 Å². The van der Waals surface area contributed by atoms with Gasteiger partial charge in [0.15, 0.2) is 0 Å². The normalized spacial score (nSPS) is 10.4. The highest BCUT2D eigenvalue weighted by atomic mass is 79.9. The SMILES string of the molecule is CN(Cc1csc(Br)c1)c1ccc([N+](=O)[O-])cc1C(=O)O. The van der Waals surface area contributed by atoms with Crippen LogP contribution in [0, 0.1) is 10.1 Å². The van der Waals surface area contributed by atoms with Crippen molar-refractivity contribution >= 4 is 44.6 Å². The molecule has 2 aromatic rings. The number of rotatable bonds is 5. The predicted molar refractivity (Wildman–Crippen MR) is 84.2 cm³/mol. The van der Waals surface area contributed by atoms with Crippen LogP contribution < -0.4 is 4.90 Å². The molecule has 0 aliphatic heterocycles. The fourth-order valence-electron chi connectivity index (χ4n) is 1.93. The van der Waals surface area contributed by atoms with Crippen LogP contribution in [0.4, 0.5) is 11.4 Å². The average Bonchev–Trinajstić information content (AvgIpc) is 2.83. The highest BCUT2D eigenvalue weighted by molar-refractivity contribution is 9.11. The van der Waals surface area contributed by atoms with Gasteiger partial charge in [0.1, 0.15) is 0 Å². The van der Waals surface area contributed by atoms with Gasteiger partial charge >= 0.3 is 5.97 Å². The summed E-state index contributed by atoms with van der Waals surface area (Å²) in [5.41, 5.74) is 1.16. The lowest BCUT2D eigenvalue weighted by atomic mass is 10.1. The number of carboxylic acids is 1. The Labute approximate surface area is 132 Å². The number of benzene rings is 1. The molecular weight excluding hydrogens is 360 g/mol. The van der Waals surface area contributed by atoms with E-state index in [2.05, 4.69) is 15.9 Å². The molecule has 0 aliphatic carbocycles. The van der Waals surface area contributed by atoms with Gasteiger partial charge in [0, 0.05) is 25.7 Å². The lowest BCUT2D eigenvalue weighted by molar-refractivity contribution is -0.384. The highest BCUT2D eigenvalue weighted by Crippen LogP contribution is 2.27. The largest absolute Gasteiger partial charge is 0.478 e. The van der Waals surface area contributed by atoms with Crippen molar-refractivity contribution in [3.8, 4) is 0 Å². The number of halogens is 1. The van der Waals surface area contributed by atoms with Crippen LogP contribution in [0.2, 0.25) is 0 Å². The molecule has 0 saturated carbocycles. The van der Waals surface area contributed by atoms with Gasteiger partial charge in [0.25, 0.3) is 5.69 Å². The van der Waals surface area contributed by atoms with E-state index in [0.29, 0.717) is 12.2 Å². The summed E-state index contributed by atoms with van der Waals surface area (Å²) in [5, 5.41) is 21.9. The quantitative estimate of drug-likeness (QED) is 0.639. The summed E-state index contributed by atoms with van der Waals surface area (Å²) in [6, 6.07) is 5.80. The van der Waals surface area contributed by atoms with E-state index in [0.717, 1.165) is 15.4 Å². The Balaban J connectivity index is 2.33. The summed E-state index contributed by atoms with van der Waals surface area (Å²) in [5.74, 6) is -1.19. The first-order chi connectivity index (χ1) is 9.88. The number of thiophene rings is 1. The topological polar surface area (TPSA) is 83.7 Å². The third kappa shape index (κ3) is 3.59. The number of nitro groups is 1. The Morgan fingerprint density at radius 2 is 2.19 bits per heavy atom. The van der Waals surface area contributed by atoms with Gasteiger partial charge < -0.3 is 10.0 Å². The average molecular weight is 371 g/mol. The number of hydrogen-bond donors (Lipinski definition) is 1. The summed E-state index contributed by atoms with van der Waals surface area (Å²) >= 11 is 4.92. The van der Waals surface area contributed by atoms with Crippen LogP contribution in [0.15, 0.2) is 33.4 Å². The number of carboxylic acid groups (broad SMARTS) is 1. The summed E-state index contributed by atoms with van der Waals surface area (Å²) in [6.07, 6.45) is 0. The van der Waals surface area contributed by atoms with E-state index >= 15 is 0 Å². The highest BCUT2D eigenvalue weighted by Gasteiger charge is 2.18. The number of nitro benzene ring substituents is 1. The maximum atomic E-state index is 11.3. The smallest absolute Gasteiger partial charge is 0.338 e. The Hall–Kier alpha value is -1.93. The van der Waals surface area contributed by atoms with Crippen molar-refractivity contribution in [3.05, 3.63) is 54.7 Å². The van der Waals surface area contributed by atoms with Crippen molar-refractivity contribution in [2.45, 2.75) is 6.54 Å². The monoisotopic (exact) mass is 370 g/mol. The minimum atomic E-state index is -1.19. The molecule has 0 unspecified atom stereocenters. The zero-order valence-corrected chi connectivity index (χ0v) is 13.3. The number of carbonyl (C=O) groups is 1. The summed E-state index contributed by atoms with van der Waals surface area (Å²) in [6.45, 7) is 0.514. The first-order valence-corrected chi connectivity index (χ1v) is 7.51. The molecule has 2 rings (SSSR count). The minimum Gasteiger partial charge on any atom is -0.478 e. The van der Waals surface area contributed by atoms with E-state index in [1.807, 2.05) is 11.4 Å². The molecule has 110 valence electrons. The lowest BCUT2D eigenvalue weighted by Gasteiger charge is -2.20. The van der Waals surface area contributed by atoms with Gasteiger partial charge in [-0.15, -0.1) is 11.3 Å². The molecule has 0 fully saturated rings. The molecule has 0 atom stereocenters. The molecule has 1 heterocycles. The Kier molecular flexibility index (Phi) is 4.59. The second kappa shape index (κ2) is 6.23. The molecule has 1 aromatic carbocycles. The minimum absolute atomic E-state index is 0.0824. The van der Waals surface area contributed by atoms with Crippen molar-refractivity contribution in [1.82, 2.24) is 0 Å². The van der Waals surface area contributed by atoms with Gasteiger partial charge in [0.2, 0.25) is 0 Å². The molecule has 0 spiro atoms. The standard InChI is InChI=1S/C13H11BrN2O4S/c1-15(6-8-4-12(14)21-7-8)11-3-2-9(16(19)20)5-10(11)13(17)18/h2-5,7H,6H2,1H3,(H,17,18). The fourth-order valence-corrected chi connectivity index (χ4v) is 3.13. The van der Waals surface area contributed by atoms with Crippen molar-refractivity contribution in [2.75, 3.05) is 11.9 Å². The van der Waals surface area contributed by atoms with Crippen molar-refractivity contribution in [1.29, 1.82) is 0 Å².